The summed E-state index contributed by atoms with van der Waals surface area (Å²) in [5, 5.41) is 4.76. The fraction of sp³-hybridized carbons (Fsp3) is 0.368. The van der Waals surface area contributed by atoms with E-state index < -0.39 is 0 Å². The molecule has 7 heteroatoms. The highest BCUT2D eigenvalue weighted by molar-refractivity contribution is 7.12. The number of nitrogens with zero attached hydrogens (tertiary/aromatic N) is 1. The largest absolute Gasteiger partial charge is 0.492 e. The van der Waals surface area contributed by atoms with Crippen molar-refractivity contribution in [1.29, 1.82) is 0 Å². The summed E-state index contributed by atoms with van der Waals surface area (Å²) in [4.78, 5) is 27.1. The van der Waals surface area contributed by atoms with E-state index in [2.05, 4.69) is 5.32 Å². The minimum atomic E-state index is -0.311. The van der Waals surface area contributed by atoms with E-state index in [4.69, 9.17) is 4.74 Å². The molecule has 1 N–H and O–H groups in total. The number of carbonyl (C=O) groups is 2. The summed E-state index contributed by atoms with van der Waals surface area (Å²) < 4.78 is 18.3. The Morgan fingerprint density at radius 1 is 1.19 bits per heavy atom. The summed E-state index contributed by atoms with van der Waals surface area (Å²) in [5.74, 6) is 0.228. The van der Waals surface area contributed by atoms with Crippen molar-refractivity contribution in [3.05, 3.63) is 52.5 Å². The molecule has 2 amide bonds. The summed E-state index contributed by atoms with van der Waals surface area (Å²) in [6.45, 7) is 1.92. The van der Waals surface area contributed by atoms with Crippen LogP contribution in [-0.2, 0) is 4.79 Å². The van der Waals surface area contributed by atoms with E-state index in [1.807, 2.05) is 22.4 Å². The smallest absolute Gasteiger partial charge is 0.263 e. The standard InChI is InChI=1S/C19H21FN2O3S/c20-15-3-5-16(6-4-15)25-12-9-21-18(23)14-7-10-22(11-8-14)19(24)17-2-1-13-26-17/h1-6,13-14H,7-12H2,(H,21,23). The van der Waals surface area contributed by atoms with Crippen LogP contribution in [-0.4, -0.2) is 43.0 Å². The van der Waals surface area contributed by atoms with Gasteiger partial charge in [-0.05, 0) is 48.6 Å². The van der Waals surface area contributed by atoms with Gasteiger partial charge in [0.2, 0.25) is 5.91 Å². The molecule has 1 saturated heterocycles. The van der Waals surface area contributed by atoms with Crippen LogP contribution in [0.5, 0.6) is 5.75 Å². The van der Waals surface area contributed by atoms with Crippen LogP contribution in [0.1, 0.15) is 22.5 Å². The zero-order chi connectivity index (χ0) is 18.4. The maximum absolute atomic E-state index is 12.8. The van der Waals surface area contributed by atoms with Crippen molar-refractivity contribution in [2.24, 2.45) is 5.92 Å². The van der Waals surface area contributed by atoms with E-state index in [0.29, 0.717) is 44.8 Å². The number of halogens is 1. The molecule has 0 aliphatic carbocycles. The third-order valence-corrected chi connectivity index (χ3v) is 5.23. The second-order valence-corrected chi connectivity index (χ2v) is 7.08. The Morgan fingerprint density at radius 2 is 1.92 bits per heavy atom. The van der Waals surface area contributed by atoms with E-state index in [0.717, 1.165) is 4.88 Å². The molecule has 2 aromatic rings. The molecule has 1 aromatic heterocycles. The zero-order valence-corrected chi connectivity index (χ0v) is 15.1. The molecule has 0 radical (unpaired) electrons. The number of amides is 2. The summed E-state index contributed by atoms with van der Waals surface area (Å²) in [7, 11) is 0. The molecule has 2 heterocycles. The molecule has 0 unspecified atom stereocenters. The predicted molar refractivity (Wildman–Crippen MR) is 97.9 cm³/mol. The van der Waals surface area contributed by atoms with Gasteiger partial charge in [-0.1, -0.05) is 6.07 Å². The van der Waals surface area contributed by atoms with Crippen LogP contribution in [0.15, 0.2) is 41.8 Å². The Bertz CT molecular complexity index is 726. The normalized spacial score (nSPS) is 14.9. The quantitative estimate of drug-likeness (QED) is 0.789. The van der Waals surface area contributed by atoms with Crippen LogP contribution >= 0.6 is 11.3 Å². The lowest BCUT2D eigenvalue weighted by molar-refractivity contribution is -0.126. The minimum absolute atomic E-state index is 0.00377. The van der Waals surface area contributed by atoms with Crippen molar-refractivity contribution < 1.29 is 18.7 Å². The molecule has 0 spiro atoms. The predicted octanol–water partition coefficient (Wildman–Crippen LogP) is 2.93. The van der Waals surface area contributed by atoms with Crippen LogP contribution in [0.2, 0.25) is 0 Å². The van der Waals surface area contributed by atoms with Crippen LogP contribution in [0.4, 0.5) is 4.39 Å². The van der Waals surface area contributed by atoms with Gasteiger partial charge in [-0.15, -0.1) is 11.3 Å². The number of thiophene rings is 1. The van der Waals surface area contributed by atoms with E-state index in [-0.39, 0.29) is 23.5 Å². The molecule has 0 saturated carbocycles. The van der Waals surface area contributed by atoms with E-state index >= 15 is 0 Å². The fourth-order valence-electron chi connectivity index (χ4n) is 2.92. The van der Waals surface area contributed by atoms with Gasteiger partial charge in [-0.2, -0.15) is 0 Å². The number of carbonyl (C=O) groups excluding carboxylic acids is 2. The van der Waals surface area contributed by atoms with E-state index in [9.17, 15) is 14.0 Å². The van der Waals surface area contributed by atoms with E-state index in [1.165, 1.54) is 23.5 Å². The maximum Gasteiger partial charge on any atom is 0.263 e. The molecule has 5 nitrogen and oxygen atoms in total. The van der Waals surface area contributed by atoms with Crippen molar-refractivity contribution in [2.75, 3.05) is 26.2 Å². The topological polar surface area (TPSA) is 58.6 Å². The molecule has 26 heavy (non-hydrogen) atoms. The summed E-state index contributed by atoms with van der Waals surface area (Å²) in [5.41, 5.74) is 0. The van der Waals surface area contributed by atoms with Crippen LogP contribution in [0.25, 0.3) is 0 Å². The molecule has 0 atom stereocenters. The molecule has 1 aliphatic rings. The van der Waals surface area contributed by atoms with Gasteiger partial charge in [-0.25, -0.2) is 4.39 Å². The summed E-state index contributed by atoms with van der Waals surface area (Å²) >= 11 is 1.44. The molecule has 0 bridgehead atoms. The van der Waals surface area contributed by atoms with Gasteiger partial charge < -0.3 is 15.0 Å². The fourth-order valence-corrected chi connectivity index (χ4v) is 3.61. The van der Waals surface area contributed by atoms with Gasteiger partial charge in [0.15, 0.2) is 0 Å². The van der Waals surface area contributed by atoms with Crippen molar-refractivity contribution in [1.82, 2.24) is 10.2 Å². The van der Waals surface area contributed by atoms with Gasteiger partial charge in [0, 0.05) is 19.0 Å². The van der Waals surface area contributed by atoms with Gasteiger partial charge in [0.1, 0.15) is 18.2 Å². The molecular formula is C19H21FN2O3S. The van der Waals surface area contributed by atoms with E-state index in [1.54, 1.807) is 12.1 Å². The third kappa shape index (κ3) is 4.82. The van der Waals surface area contributed by atoms with Crippen molar-refractivity contribution in [3.8, 4) is 5.75 Å². The van der Waals surface area contributed by atoms with Crippen molar-refractivity contribution in [3.63, 3.8) is 0 Å². The number of likely N-dealkylation sites (tertiary alicyclic amines) is 1. The molecule has 138 valence electrons. The highest BCUT2D eigenvalue weighted by Crippen LogP contribution is 2.21. The third-order valence-electron chi connectivity index (χ3n) is 4.37. The van der Waals surface area contributed by atoms with Crippen molar-refractivity contribution >= 4 is 23.2 Å². The lowest BCUT2D eigenvalue weighted by Gasteiger charge is -2.31. The maximum atomic E-state index is 12.8. The Morgan fingerprint density at radius 3 is 2.58 bits per heavy atom. The zero-order valence-electron chi connectivity index (χ0n) is 14.3. The van der Waals surface area contributed by atoms with Crippen LogP contribution in [0, 0.1) is 11.7 Å². The number of piperidine rings is 1. The number of hydrogen-bond acceptors (Lipinski definition) is 4. The molecule has 3 rings (SSSR count). The number of hydrogen-bond donors (Lipinski definition) is 1. The lowest BCUT2D eigenvalue weighted by atomic mass is 9.96. The second-order valence-electron chi connectivity index (χ2n) is 6.14. The average Bonchev–Trinajstić information content (AvgIpc) is 3.21. The Hall–Kier alpha value is -2.41. The molecule has 1 aromatic carbocycles. The molecular weight excluding hydrogens is 355 g/mol. The first kappa shape index (κ1) is 18.4. The SMILES string of the molecule is O=C(NCCOc1ccc(F)cc1)C1CCN(C(=O)c2cccs2)CC1. The number of nitrogens with one attached hydrogen (secondary N) is 1. The monoisotopic (exact) mass is 376 g/mol. The Balaban J connectivity index is 1.36. The van der Waals surface area contributed by atoms with Crippen LogP contribution < -0.4 is 10.1 Å². The van der Waals surface area contributed by atoms with Crippen molar-refractivity contribution in [2.45, 2.75) is 12.8 Å². The number of benzene rings is 1. The van der Waals surface area contributed by atoms with Crippen LogP contribution in [0.3, 0.4) is 0 Å². The highest BCUT2D eigenvalue weighted by atomic mass is 32.1. The molecule has 1 fully saturated rings. The van der Waals surface area contributed by atoms with Gasteiger partial charge in [-0.3, -0.25) is 9.59 Å². The van der Waals surface area contributed by atoms with Gasteiger partial charge in [0.05, 0.1) is 11.4 Å². The first-order valence-corrected chi connectivity index (χ1v) is 9.50. The first-order chi connectivity index (χ1) is 12.6. The first-order valence-electron chi connectivity index (χ1n) is 8.62. The number of rotatable bonds is 6. The Labute approximate surface area is 155 Å². The summed E-state index contributed by atoms with van der Waals surface area (Å²) in [6.07, 6.45) is 1.34. The highest BCUT2D eigenvalue weighted by Gasteiger charge is 2.27. The number of ether oxygens (including phenoxy) is 1. The van der Waals surface area contributed by atoms with Gasteiger partial charge in [0.25, 0.3) is 5.91 Å². The minimum Gasteiger partial charge on any atom is -0.492 e. The average molecular weight is 376 g/mol. The Kier molecular flexibility index (Phi) is 6.22. The van der Waals surface area contributed by atoms with Gasteiger partial charge >= 0.3 is 0 Å². The summed E-state index contributed by atoms with van der Waals surface area (Å²) in [6, 6.07) is 9.46. The second kappa shape index (κ2) is 8.80. The molecule has 1 aliphatic heterocycles. The lowest BCUT2D eigenvalue weighted by Crippen LogP contribution is -2.43.